The Morgan fingerprint density at radius 2 is 1.66 bits per heavy atom. The van der Waals surface area contributed by atoms with Gasteiger partial charge in [0, 0.05) is 36.8 Å². The Labute approximate surface area is 203 Å². The number of carbonyl (C=O) groups excluding carboxylic acids is 3. The Bertz CT molecular complexity index is 1280. The Morgan fingerprint density at radius 3 is 2.43 bits per heavy atom. The number of piperazine rings is 1. The van der Waals surface area contributed by atoms with Crippen molar-refractivity contribution >= 4 is 23.7 Å². The third-order valence-electron chi connectivity index (χ3n) is 7.05. The predicted octanol–water partition coefficient (Wildman–Crippen LogP) is 3.79. The van der Waals surface area contributed by atoms with E-state index < -0.39 is 6.04 Å². The minimum Gasteiger partial charge on any atom is -0.320 e. The maximum absolute atomic E-state index is 13.3. The first-order chi connectivity index (χ1) is 17.1. The molecular formula is C27H25N5O3. The molecule has 2 aromatic carbocycles. The van der Waals surface area contributed by atoms with E-state index in [9.17, 15) is 14.4 Å². The van der Waals surface area contributed by atoms with Gasteiger partial charge in [-0.05, 0) is 24.1 Å². The van der Waals surface area contributed by atoms with Gasteiger partial charge in [-0.2, -0.15) is 0 Å². The van der Waals surface area contributed by atoms with Gasteiger partial charge in [-0.25, -0.2) is 9.59 Å². The van der Waals surface area contributed by atoms with Gasteiger partial charge in [-0.15, -0.1) is 0 Å². The van der Waals surface area contributed by atoms with Crippen LogP contribution >= 0.6 is 0 Å². The minimum atomic E-state index is -0.637. The van der Waals surface area contributed by atoms with Crippen LogP contribution in [0.5, 0.6) is 0 Å². The van der Waals surface area contributed by atoms with Gasteiger partial charge in [-0.1, -0.05) is 60.7 Å². The zero-order valence-corrected chi connectivity index (χ0v) is 19.1. The van der Waals surface area contributed by atoms with E-state index in [1.165, 1.54) is 4.90 Å². The summed E-state index contributed by atoms with van der Waals surface area (Å²) >= 11 is 0. The third kappa shape index (κ3) is 3.80. The largest absolute Gasteiger partial charge is 0.327 e. The van der Waals surface area contributed by atoms with Crippen LogP contribution in [0.25, 0.3) is 11.3 Å². The van der Waals surface area contributed by atoms with Gasteiger partial charge >= 0.3 is 12.1 Å². The summed E-state index contributed by atoms with van der Waals surface area (Å²) in [6.45, 7) is 0.875. The fraction of sp³-hybridized carbons (Fsp3) is 0.259. The van der Waals surface area contributed by atoms with E-state index in [2.05, 4.69) is 10.3 Å². The van der Waals surface area contributed by atoms with Crippen molar-refractivity contribution in [2.75, 3.05) is 25.0 Å². The molecule has 0 unspecified atom stereocenters. The number of aromatic nitrogens is 1. The van der Waals surface area contributed by atoms with E-state index >= 15 is 0 Å². The van der Waals surface area contributed by atoms with Crippen molar-refractivity contribution < 1.29 is 14.4 Å². The number of anilines is 1. The van der Waals surface area contributed by atoms with Gasteiger partial charge in [0.25, 0.3) is 5.91 Å². The second-order valence-corrected chi connectivity index (χ2v) is 9.16. The van der Waals surface area contributed by atoms with E-state index in [-0.39, 0.29) is 36.5 Å². The summed E-state index contributed by atoms with van der Waals surface area (Å²) in [6.07, 6.45) is 2.48. The Kier molecular flexibility index (Phi) is 5.21. The van der Waals surface area contributed by atoms with Crippen molar-refractivity contribution in [1.29, 1.82) is 0 Å². The Hall–Kier alpha value is -4.20. The van der Waals surface area contributed by atoms with Crippen LogP contribution in [0.2, 0.25) is 0 Å². The van der Waals surface area contributed by atoms with Crippen molar-refractivity contribution in [3.63, 3.8) is 0 Å². The predicted molar refractivity (Wildman–Crippen MR) is 131 cm³/mol. The van der Waals surface area contributed by atoms with Crippen LogP contribution < -0.4 is 5.32 Å². The molecule has 5 amide bonds. The average Bonchev–Trinajstić information content (AvgIpc) is 3.65. The number of nitrogens with one attached hydrogen (secondary N) is 1. The van der Waals surface area contributed by atoms with E-state index in [4.69, 9.17) is 0 Å². The number of hydrogen-bond donors (Lipinski definition) is 1. The van der Waals surface area contributed by atoms with Crippen molar-refractivity contribution in [1.82, 2.24) is 19.7 Å². The molecule has 0 spiro atoms. The summed E-state index contributed by atoms with van der Waals surface area (Å²) in [5.74, 6) is -0.0193. The zero-order valence-electron chi connectivity index (χ0n) is 19.1. The lowest BCUT2D eigenvalue weighted by molar-refractivity contribution is -0.129. The van der Waals surface area contributed by atoms with Crippen molar-refractivity contribution in [3.05, 3.63) is 84.6 Å². The van der Waals surface area contributed by atoms with Gasteiger partial charge < -0.3 is 15.1 Å². The summed E-state index contributed by atoms with van der Waals surface area (Å²) < 4.78 is 0. The minimum absolute atomic E-state index is 0.103. The molecule has 8 nitrogen and oxygen atoms in total. The fourth-order valence-electron chi connectivity index (χ4n) is 5.16. The number of pyridine rings is 1. The molecule has 8 heteroatoms. The molecule has 176 valence electrons. The second kappa shape index (κ2) is 8.54. The molecule has 3 aliphatic rings. The highest BCUT2D eigenvalue weighted by Crippen LogP contribution is 2.46. The molecule has 0 bridgehead atoms. The summed E-state index contributed by atoms with van der Waals surface area (Å²) in [5.41, 5.74) is 3.33. The standard InChI is InChI=1S/C27H25N5O3/c33-25-23-17-30(26(34)29-21-12-7-13-28-24(21)19-10-5-2-6-11-19)14-15-31(23)27(35)32(25)22-16-20(22)18-8-3-1-4-9-18/h1-13,20,22-23H,14-17H2,(H,29,34)/t20-,22+,23+/m1/s1. The lowest BCUT2D eigenvalue weighted by Crippen LogP contribution is -2.55. The molecule has 1 aromatic heterocycles. The number of hydrogen-bond acceptors (Lipinski definition) is 4. The SMILES string of the molecule is O=C(Nc1cccnc1-c1ccccc1)N1CCN2C(=O)N([C@H]3C[C@@H]3c3ccccc3)C(=O)[C@@H]2C1. The number of imide groups is 1. The highest BCUT2D eigenvalue weighted by molar-refractivity contribution is 6.06. The second-order valence-electron chi connectivity index (χ2n) is 9.16. The molecule has 2 aliphatic heterocycles. The number of rotatable bonds is 4. The first kappa shape index (κ1) is 21.3. The lowest BCUT2D eigenvalue weighted by atomic mass is 10.1. The van der Waals surface area contributed by atoms with Crippen molar-refractivity contribution in [2.24, 2.45) is 0 Å². The summed E-state index contributed by atoms with van der Waals surface area (Å²) in [4.78, 5) is 48.6. The topological polar surface area (TPSA) is 85.8 Å². The van der Waals surface area contributed by atoms with E-state index in [0.29, 0.717) is 24.5 Å². The van der Waals surface area contributed by atoms with Crippen LogP contribution in [0.15, 0.2) is 79.0 Å². The summed E-state index contributed by atoms with van der Waals surface area (Å²) in [6, 6.07) is 21.9. The monoisotopic (exact) mass is 467 g/mol. The number of nitrogens with zero attached hydrogens (tertiary/aromatic N) is 4. The molecule has 6 rings (SSSR count). The molecule has 1 N–H and O–H groups in total. The molecule has 0 radical (unpaired) electrons. The van der Waals surface area contributed by atoms with E-state index in [1.54, 1.807) is 22.1 Å². The molecule has 3 atom stereocenters. The number of fused-ring (bicyclic) bond motifs is 1. The van der Waals surface area contributed by atoms with Gasteiger partial charge in [0.15, 0.2) is 0 Å². The molecule has 35 heavy (non-hydrogen) atoms. The van der Waals surface area contributed by atoms with Gasteiger partial charge in [0.2, 0.25) is 0 Å². The molecule has 1 aliphatic carbocycles. The van der Waals surface area contributed by atoms with Crippen molar-refractivity contribution in [3.8, 4) is 11.3 Å². The number of carbonyl (C=O) groups is 3. The Morgan fingerprint density at radius 1 is 0.914 bits per heavy atom. The highest BCUT2D eigenvalue weighted by atomic mass is 16.2. The van der Waals surface area contributed by atoms with Crippen molar-refractivity contribution in [2.45, 2.75) is 24.4 Å². The molecular weight excluding hydrogens is 442 g/mol. The number of urea groups is 2. The first-order valence-electron chi connectivity index (χ1n) is 11.9. The molecule has 1 saturated carbocycles. The van der Waals surface area contributed by atoms with Crippen LogP contribution in [0.1, 0.15) is 17.9 Å². The summed E-state index contributed by atoms with van der Waals surface area (Å²) in [5, 5.41) is 2.96. The molecule has 3 heterocycles. The zero-order chi connectivity index (χ0) is 23.9. The Balaban J connectivity index is 1.15. The van der Waals surface area contributed by atoms with Gasteiger partial charge in [-0.3, -0.25) is 14.7 Å². The number of benzene rings is 2. The highest BCUT2D eigenvalue weighted by Gasteiger charge is 2.56. The molecule has 2 saturated heterocycles. The molecule has 3 fully saturated rings. The van der Waals surface area contributed by atoms with Gasteiger partial charge in [0.05, 0.1) is 17.9 Å². The lowest BCUT2D eigenvalue weighted by Gasteiger charge is -2.35. The smallest absolute Gasteiger partial charge is 0.320 e. The van der Waals surface area contributed by atoms with Crippen LogP contribution in [-0.4, -0.2) is 69.4 Å². The van der Waals surface area contributed by atoms with Crippen LogP contribution in [0.4, 0.5) is 15.3 Å². The van der Waals surface area contributed by atoms with Crippen LogP contribution in [0.3, 0.4) is 0 Å². The third-order valence-corrected chi connectivity index (χ3v) is 7.05. The van der Waals surface area contributed by atoms with Crippen LogP contribution in [-0.2, 0) is 4.79 Å². The quantitative estimate of drug-likeness (QED) is 0.592. The average molecular weight is 468 g/mol. The normalized spacial score (nSPS) is 23.3. The summed E-state index contributed by atoms with van der Waals surface area (Å²) in [7, 11) is 0. The van der Waals surface area contributed by atoms with Crippen LogP contribution in [0, 0.1) is 0 Å². The maximum atomic E-state index is 13.3. The molecule has 3 aromatic rings. The van der Waals surface area contributed by atoms with E-state index in [0.717, 1.165) is 17.5 Å². The maximum Gasteiger partial charge on any atom is 0.327 e. The fourth-order valence-corrected chi connectivity index (χ4v) is 5.16. The van der Waals surface area contributed by atoms with Gasteiger partial charge in [0.1, 0.15) is 6.04 Å². The number of amides is 5. The van der Waals surface area contributed by atoms with E-state index in [1.807, 2.05) is 66.7 Å². The first-order valence-corrected chi connectivity index (χ1v) is 11.9.